The van der Waals surface area contributed by atoms with Gasteiger partial charge >= 0.3 is 0 Å². The van der Waals surface area contributed by atoms with Gasteiger partial charge in [-0.15, -0.1) is 0 Å². The minimum atomic E-state index is 0.340. The number of piperidine rings is 1. The quantitative estimate of drug-likeness (QED) is 0.779. The van der Waals surface area contributed by atoms with Gasteiger partial charge in [-0.2, -0.15) is 0 Å². The first kappa shape index (κ1) is 10.9. The number of hydrogen-bond acceptors (Lipinski definition) is 3. The molecule has 0 bridgehead atoms. The summed E-state index contributed by atoms with van der Waals surface area (Å²) in [6.45, 7) is 2.25. The molecule has 3 heteroatoms. The zero-order valence-electron chi connectivity index (χ0n) is 10.1. The Bertz CT molecular complexity index is 385. The summed E-state index contributed by atoms with van der Waals surface area (Å²) >= 11 is 0. The van der Waals surface area contributed by atoms with Crippen LogP contribution in [0.5, 0.6) is 5.75 Å². The van der Waals surface area contributed by atoms with Gasteiger partial charge in [-0.25, -0.2) is 0 Å². The molecule has 3 N–H and O–H groups in total. The second-order valence-electron chi connectivity index (χ2n) is 5.67. The largest absolute Gasteiger partial charge is 0.508 e. The molecular formula is C14H20N2O. The van der Waals surface area contributed by atoms with Gasteiger partial charge < -0.3 is 15.7 Å². The van der Waals surface area contributed by atoms with Crippen LogP contribution in [0, 0.1) is 5.41 Å². The fourth-order valence-corrected chi connectivity index (χ4v) is 3.36. The van der Waals surface area contributed by atoms with Crippen LogP contribution >= 0.6 is 0 Å². The van der Waals surface area contributed by atoms with E-state index in [4.69, 9.17) is 5.73 Å². The summed E-state index contributed by atoms with van der Waals surface area (Å²) in [6.07, 6.45) is 4.97. The molecule has 1 saturated heterocycles. The van der Waals surface area contributed by atoms with Crippen molar-refractivity contribution in [2.75, 3.05) is 18.0 Å². The lowest BCUT2D eigenvalue weighted by Gasteiger charge is -2.51. The van der Waals surface area contributed by atoms with Gasteiger partial charge in [0.25, 0.3) is 0 Å². The van der Waals surface area contributed by atoms with Crippen LogP contribution in [0.3, 0.4) is 0 Å². The highest BCUT2D eigenvalue weighted by molar-refractivity contribution is 5.49. The van der Waals surface area contributed by atoms with E-state index in [0.717, 1.165) is 13.1 Å². The first-order chi connectivity index (χ1) is 8.17. The molecule has 1 aromatic carbocycles. The third kappa shape index (κ3) is 2.00. The molecule has 0 atom stereocenters. The van der Waals surface area contributed by atoms with E-state index in [1.807, 2.05) is 12.1 Å². The van der Waals surface area contributed by atoms with Crippen molar-refractivity contribution in [2.45, 2.75) is 31.7 Å². The second kappa shape index (κ2) is 3.91. The van der Waals surface area contributed by atoms with Crippen molar-refractivity contribution in [3.05, 3.63) is 24.3 Å². The number of nitrogens with two attached hydrogens (primary N) is 1. The van der Waals surface area contributed by atoms with Crippen LogP contribution in [0.4, 0.5) is 5.69 Å². The molecule has 0 radical (unpaired) electrons. The molecule has 0 amide bonds. The first-order valence-electron chi connectivity index (χ1n) is 6.47. The molecule has 2 aliphatic rings. The van der Waals surface area contributed by atoms with Crippen molar-refractivity contribution < 1.29 is 5.11 Å². The summed E-state index contributed by atoms with van der Waals surface area (Å²) in [6, 6.07) is 7.98. The molecule has 3 nitrogen and oxygen atoms in total. The van der Waals surface area contributed by atoms with Gasteiger partial charge in [0.2, 0.25) is 0 Å². The average Bonchev–Trinajstić information content (AvgIpc) is 2.30. The van der Waals surface area contributed by atoms with Gasteiger partial charge in [0.1, 0.15) is 5.75 Å². The average molecular weight is 232 g/mol. The number of aromatic hydroxyl groups is 1. The number of hydrogen-bond donors (Lipinski definition) is 2. The Labute approximate surface area is 102 Å². The van der Waals surface area contributed by atoms with Crippen molar-refractivity contribution in [3.63, 3.8) is 0 Å². The Morgan fingerprint density at radius 1 is 1.12 bits per heavy atom. The predicted molar refractivity (Wildman–Crippen MR) is 69.2 cm³/mol. The van der Waals surface area contributed by atoms with Crippen LogP contribution in [-0.2, 0) is 0 Å². The molecule has 1 aliphatic carbocycles. The third-order valence-corrected chi connectivity index (χ3v) is 4.43. The van der Waals surface area contributed by atoms with Crippen molar-refractivity contribution in [1.82, 2.24) is 0 Å². The maximum absolute atomic E-state index is 9.28. The summed E-state index contributed by atoms with van der Waals surface area (Å²) in [5, 5.41) is 9.28. The maximum Gasteiger partial charge on any atom is 0.115 e. The lowest BCUT2D eigenvalue weighted by atomic mass is 9.61. The van der Waals surface area contributed by atoms with Crippen LogP contribution in [-0.4, -0.2) is 24.2 Å². The summed E-state index contributed by atoms with van der Waals surface area (Å²) < 4.78 is 0. The maximum atomic E-state index is 9.28. The highest BCUT2D eigenvalue weighted by atomic mass is 16.3. The number of nitrogens with zero attached hydrogens (tertiary/aromatic N) is 1. The van der Waals surface area contributed by atoms with E-state index in [2.05, 4.69) is 4.90 Å². The predicted octanol–water partition coefficient (Wildman–Crippen LogP) is 2.10. The minimum Gasteiger partial charge on any atom is -0.508 e. The molecule has 1 aliphatic heterocycles. The van der Waals surface area contributed by atoms with Crippen molar-refractivity contribution in [1.29, 1.82) is 0 Å². The van der Waals surface area contributed by atoms with E-state index in [1.54, 1.807) is 12.1 Å². The molecule has 1 aromatic rings. The Morgan fingerprint density at radius 3 is 2.24 bits per heavy atom. The number of benzene rings is 1. The minimum absolute atomic E-state index is 0.340. The molecule has 0 aromatic heterocycles. The van der Waals surface area contributed by atoms with Gasteiger partial charge in [-0.1, -0.05) is 0 Å². The normalized spacial score (nSPS) is 23.7. The zero-order valence-corrected chi connectivity index (χ0v) is 10.1. The fourth-order valence-electron chi connectivity index (χ4n) is 3.36. The van der Waals surface area contributed by atoms with Crippen LogP contribution in [0.1, 0.15) is 25.7 Å². The van der Waals surface area contributed by atoms with Crippen molar-refractivity contribution in [2.24, 2.45) is 11.1 Å². The lowest BCUT2D eigenvalue weighted by molar-refractivity contribution is 0.0713. The van der Waals surface area contributed by atoms with Crippen molar-refractivity contribution in [3.8, 4) is 5.75 Å². The first-order valence-corrected chi connectivity index (χ1v) is 6.47. The summed E-state index contributed by atoms with van der Waals surface area (Å²) in [4.78, 5) is 2.41. The van der Waals surface area contributed by atoms with Crippen molar-refractivity contribution >= 4 is 5.69 Å². The van der Waals surface area contributed by atoms with Crippen LogP contribution in [0.15, 0.2) is 24.3 Å². The monoisotopic (exact) mass is 232 g/mol. The topological polar surface area (TPSA) is 49.5 Å². The Balaban J connectivity index is 1.63. The van der Waals surface area contributed by atoms with E-state index in [-0.39, 0.29) is 0 Å². The van der Waals surface area contributed by atoms with E-state index < -0.39 is 0 Å². The zero-order chi connectivity index (χ0) is 11.9. The number of phenols is 1. The fraction of sp³-hybridized carbons (Fsp3) is 0.571. The van der Waals surface area contributed by atoms with Crippen LogP contribution in [0.25, 0.3) is 0 Å². The molecule has 1 saturated carbocycles. The molecule has 92 valence electrons. The van der Waals surface area contributed by atoms with Gasteiger partial charge in [-0.05, 0) is 55.4 Å². The highest BCUT2D eigenvalue weighted by Gasteiger charge is 2.44. The molecule has 2 fully saturated rings. The highest BCUT2D eigenvalue weighted by Crippen LogP contribution is 2.48. The number of anilines is 1. The van der Waals surface area contributed by atoms with Gasteiger partial charge in [-0.3, -0.25) is 0 Å². The molecule has 17 heavy (non-hydrogen) atoms. The summed E-state index contributed by atoms with van der Waals surface area (Å²) in [5.41, 5.74) is 7.69. The SMILES string of the molecule is NC1CC2(CCN(c3ccc(O)cc3)CC2)C1. The molecule has 1 heterocycles. The summed E-state index contributed by atoms with van der Waals surface area (Å²) in [7, 11) is 0. The van der Waals surface area contributed by atoms with Gasteiger partial charge in [0.15, 0.2) is 0 Å². The van der Waals surface area contributed by atoms with Gasteiger partial charge in [0.05, 0.1) is 0 Å². The Morgan fingerprint density at radius 2 is 1.71 bits per heavy atom. The van der Waals surface area contributed by atoms with Crippen LogP contribution < -0.4 is 10.6 Å². The molecular weight excluding hydrogens is 212 g/mol. The molecule has 0 unspecified atom stereocenters. The second-order valence-corrected chi connectivity index (χ2v) is 5.67. The standard InChI is InChI=1S/C14H20N2O/c15-11-9-14(10-11)5-7-16(8-6-14)12-1-3-13(17)4-2-12/h1-4,11,17H,5-10,15H2. The number of phenolic OH excluding ortho intramolecular Hbond substituents is 1. The smallest absolute Gasteiger partial charge is 0.115 e. The van der Waals surface area contributed by atoms with E-state index >= 15 is 0 Å². The molecule has 3 rings (SSSR count). The van der Waals surface area contributed by atoms with Gasteiger partial charge in [0, 0.05) is 24.8 Å². The number of rotatable bonds is 1. The summed E-state index contributed by atoms with van der Waals surface area (Å²) in [5.74, 6) is 0.340. The molecule has 1 spiro atoms. The third-order valence-electron chi connectivity index (χ3n) is 4.43. The van der Waals surface area contributed by atoms with E-state index in [1.165, 1.54) is 31.4 Å². The Hall–Kier alpha value is -1.22. The van der Waals surface area contributed by atoms with Crippen LogP contribution in [0.2, 0.25) is 0 Å². The lowest BCUT2D eigenvalue weighted by Crippen LogP contribution is -2.52. The van der Waals surface area contributed by atoms with E-state index in [9.17, 15) is 5.11 Å². The Kier molecular flexibility index (Phi) is 2.51. The van der Waals surface area contributed by atoms with E-state index in [0.29, 0.717) is 17.2 Å².